The summed E-state index contributed by atoms with van der Waals surface area (Å²) in [7, 11) is 0. The molecule has 2 aromatic carbocycles. The molecule has 3 amide bonds. The van der Waals surface area contributed by atoms with Gasteiger partial charge in [-0.2, -0.15) is 0 Å². The molecule has 1 saturated heterocycles. The second-order valence-corrected chi connectivity index (χ2v) is 8.12. The SMILES string of the molecule is CC1(C)C(=O)N(c2ccc(OC(F)(F)F)cc2)C(=O)N1Cc1ccnc2cccc(Cl)c12. The molecule has 0 bridgehead atoms. The number of anilines is 1. The van der Waals surface area contributed by atoms with Crippen LogP contribution in [0.1, 0.15) is 19.4 Å². The van der Waals surface area contributed by atoms with Crippen molar-refractivity contribution in [3.63, 3.8) is 0 Å². The van der Waals surface area contributed by atoms with Crippen LogP contribution in [0.2, 0.25) is 5.02 Å². The number of imide groups is 1. The van der Waals surface area contributed by atoms with Crippen LogP contribution in [0.5, 0.6) is 5.75 Å². The van der Waals surface area contributed by atoms with Crippen LogP contribution in [-0.4, -0.2) is 33.7 Å². The highest BCUT2D eigenvalue weighted by Gasteiger charge is 2.51. The Balaban J connectivity index is 1.66. The van der Waals surface area contributed by atoms with Crippen molar-refractivity contribution < 1.29 is 27.5 Å². The summed E-state index contributed by atoms with van der Waals surface area (Å²) in [5.74, 6) is -0.953. The second kappa shape index (κ2) is 7.67. The lowest BCUT2D eigenvalue weighted by molar-refractivity contribution is -0.274. The number of aromatic nitrogens is 1. The first-order valence-corrected chi connectivity index (χ1v) is 9.91. The van der Waals surface area contributed by atoms with Gasteiger partial charge in [0, 0.05) is 18.1 Å². The van der Waals surface area contributed by atoms with Gasteiger partial charge >= 0.3 is 12.4 Å². The molecule has 0 atom stereocenters. The number of alkyl halides is 3. The minimum atomic E-state index is -4.84. The molecule has 0 spiro atoms. The molecule has 1 fully saturated rings. The van der Waals surface area contributed by atoms with E-state index in [4.69, 9.17) is 11.6 Å². The van der Waals surface area contributed by atoms with Crippen molar-refractivity contribution in [3.05, 3.63) is 65.3 Å². The molecule has 10 heteroatoms. The maximum atomic E-state index is 13.2. The van der Waals surface area contributed by atoms with E-state index in [0.717, 1.165) is 17.0 Å². The molecule has 6 nitrogen and oxygen atoms in total. The van der Waals surface area contributed by atoms with Gasteiger partial charge < -0.3 is 9.64 Å². The van der Waals surface area contributed by atoms with Gasteiger partial charge in [0.25, 0.3) is 5.91 Å². The molecule has 2 heterocycles. The zero-order valence-corrected chi connectivity index (χ0v) is 17.7. The number of carbonyl (C=O) groups is 2. The standard InChI is InChI=1S/C22H17ClF3N3O3/c1-21(2)19(30)29(14-6-8-15(9-7-14)32-22(24,25)26)20(31)28(21)12-13-10-11-27-17-5-3-4-16(23)18(13)17/h3-11H,12H2,1-2H3. The third-order valence-electron chi connectivity index (χ3n) is 5.28. The van der Waals surface area contributed by atoms with E-state index in [9.17, 15) is 22.8 Å². The predicted octanol–water partition coefficient (Wildman–Crippen LogP) is 5.53. The quantitative estimate of drug-likeness (QED) is 0.477. The normalized spacial score (nSPS) is 16.2. The Bertz CT molecular complexity index is 1210. The fourth-order valence-corrected chi connectivity index (χ4v) is 3.95. The van der Waals surface area contributed by atoms with Gasteiger partial charge in [0.05, 0.1) is 16.2 Å². The van der Waals surface area contributed by atoms with Crippen molar-refractivity contribution in [2.75, 3.05) is 4.90 Å². The molecular weight excluding hydrogens is 447 g/mol. The molecular formula is C22H17ClF3N3O3. The third kappa shape index (κ3) is 3.84. The highest BCUT2D eigenvalue weighted by Crippen LogP contribution is 2.36. The van der Waals surface area contributed by atoms with E-state index in [1.54, 1.807) is 44.3 Å². The van der Waals surface area contributed by atoms with Gasteiger partial charge in [0.15, 0.2) is 0 Å². The number of hydrogen-bond donors (Lipinski definition) is 0. The van der Waals surface area contributed by atoms with E-state index in [0.29, 0.717) is 21.5 Å². The van der Waals surface area contributed by atoms with E-state index < -0.39 is 29.6 Å². The lowest BCUT2D eigenvalue weighted by Crippen LogP contribution is -2.43. The highest BCUT2D eigenvalue weighted by molar-refractivity contribution is 6.35. The van der Waals surface area contributed by atoms with E-state index in [-0.39, 0.29) is 12.2 Å². The van der Waals surface area contributed by atoms with Crippen LogP contribution in [0.25, 0.3) is 10.9 Å². The molecule has 1 aliphatic heterocycles. The van der Waals surface area contributed by atoms with Crippen LogP contribution in [0, 0.1) is 0 Å². The number of pyridine rings is 1. The summed E-state index contributed by atoms with van der Waals surface area (Å²) < 4.78 is 41.1. The summed E-state index contributed by atoms with van der Waals surface area (Å²) in [5.41, 5.74) is 0.311. The number of hydrogen-bond acceptors (Lipinski definition) is 4. The molecule has 1 aromatic heterocycles. The van der Waals surface area contributed by atoms with Crippen molar-refractivity contribution in [1.29, 1.82) is 0 Å². The van der Waals surface area contributed by atoms with Crippen molar-refractivity contribution in [1.82, 2.24) is 9.88 Å². The number of nitrogens with zero attached hydrogens (tertiary/aromatic N) is 3. The highest BCUT2D eigenvalue weighted by atomic mass is 35.5. The van der Waals surface area contributed by atoms with E-state index in [1.807, 2.05) is 0 Å². The fourth-order valence-electron chi connectivity index (χ4n) is 3.66. The summed E-state index contributed by atoms with van der Waals surface area (Å²) >= 11 is 6.36. The van der Waals surface area contributed by atoms with Gasteiger partial charge in [-0.1, -0.05) is 17.7 Å². The van der Waals surface area contributed by atoms with Gasteiger partial charge in [-0.15, -0.1) is 13.2 Å². The topological polar surface area (TPSA) is 62.7 Å². The Morgan fingerprint density at radius 2 is 1.75 bits per heavy atom. The van der Waals surface area contributed by atoms with E-state index in [2.05, 4.69) is 9.72 Å². The number of urea groups is 1. The van der Waals surface area contributed by atoms with Crippen LogP contribution in [0.3, 0.4) is 0 Å². The minimum Gasteiger partial charge on any atom is -0.406 e. The van der Waals surface area contributed by atoms with Crippen LogP contribution >= 0.6 is 11.6 Å². The number of ether oxygens (including phenoxy) is 1. The maximum absolute atomic E-state index is 13.2. The average Bonchev–Trinajstić information content (AvgIpc) is 2.87. The molecule has 0 saturated carbocycles. The summed E-state index contributed by atoms with van der Waals surface area (Å²) in [6.45, 7) is 3.31. The first-order valence-electron chi connectivity index (χ1n) is 9.53. The smallest absolute Gasteiger partial charge is 0.406 e. The maximum Gasteiger partial charge on any atom is 0.573 e. The lowest BCUT2D eigenvalue weighted by Gasteiger charge is -2.28. The van der Waals surface area contributed by atoms with Crippen LogP contribution < -0.4 is 9.64 Å². The van der Waals surface area contributed by atoms with Gasteiger partial charge in [-0.05, 0) is 61.9 Å². The van der Waals surface area contributed by atoms with Gasteiger partial charge in [-0.25, -0.2) is 9.69 Å². The number of benzene rings is 2. The number of halogens is 4. The summed E-state index contributed by atoms with van der Waals surface area (Å²) in [4.78, 5) is 33.0. The van der Waals surface area contributed by atoms with E-state index in [1.165, 1.54) is 17.0 Å². The molecule has 1 aliphatic rings. The molecule has 3 aromatic rings. The van der Waals surface area contributed by atoms with Crippen molar-refractivity contribution in [2.45, 2.75) is 32.3 Å². The Kier molecular flexibility index (Phi) is 5.24. The van der Waals surface area contributed by atoms with Gasteiger partial charge in [-0.3, -0.25) is 9.78 Å². The lowest BCUT2D eigenvalue weighted by atomic mass is 10.0. The third-order valence-corrected chi connectivity index (χ3v) is 5.60. The molecule has 0 unspecified atom stereocenters. The number of fused-ring (bicyclic) bond motifs is 1. The number of rotatable bonds is 4. The molecule has 0 radical (unpaired) electrons. The monoisotopic (exact) mass is 463 g/mol. The summed E-state index contributed by atoms with van der Waals surface area (Å²) in [5, 5.41) is 1.15. The first-order chi connectivity index (χ1) is 15.0. The van der Waals surface area contributed by atoms with Crippen LogP contribution in [0.4, 0.5) is 23.7 Å². The van der Waals surface area contributed by atoms with Crippen molar-refractivity contribution >= 4 is 40.1 Å². The molecule has 166 valence electrons. The van der Waals surface area contributed by atoms with Gasteiger partial charge in [0.1, 0.15) is 11.3 Å². The Labute approximate surface area is 186 Å². The zero-order valence-electron chi connectivity index (χ0n) is 17.0. The fraction of sp³-hybridized carbons (Fsp3) is 0.227. The Hall–Kier alpha value is -3.33. The summed E-state index contributed by atoms with van der Waals surface area (Å²) in [6, 6.07) is 11.0. The van der Waals surface area contributed by atoms with Crippen molar-refractivity contribution in [2.24, 2.45) is 0 Å². The average molecular weight is 464 g/mol. The zero-order chi connectivity index (χ0) is 23.3. The number of carbonyl (C=O) groups excluding carboxylic acids is 2. The molecule has 0 N–H and O–H groups in total. The summed E-state index contributed by atoms with van der Waals surface area (Å²) in [6.07, 6.45) is -3.24. The number of amides is 3. The minimum absolute atomic E-state index is 0.0894. The first kappa shape index (κ1) is 21.9. The molecule has 4 rings (SSSR count). The van der Waals surface area contributed by atoms with E-state index >= 15 is 0 Å². The van der Waals surface area contributed by atoms with Crippen LogP contribution in [0.15, 0.2) is 54.7 Å². The second-order valence-electron chi connectivity index (χ2n) is 7.71. The van der Waals surface area contributed by atoms with Crippen LogP contribution in [-0.2, 0) is 11.3 Å². The Morgan fingerprint density at radius 3 is 2.41 bits per heavy atom. The predicted molar refractivity (Wildman–Crippen MR) is 112 cm³/mol. The van der Waals surface area contributed by atoms with Gasteiger partial charge in [0.2, 0.25) is 0 Å². The largest absolute Gasteiger partial charge is 0.573 e. The Morgan fingerprint density at radius 1 is 1.06 bits per heavy atom. The molecule has 0 aliphatic carbocycles. The molecule has 32 heavy (non-hydrogen) atoms. The van der Waals surface area contributed by atoms with Crippen molar-refractivity contribution in [3.8, 4) is 5.75 Å².